The van der Waals surface area contributed by atoms with Crippen LogP contribution in [0.25, 0.3) is 11.0 Å². The Kier molecular flexibility index (Phi) is 4.25. The number of nitro groups is 1. The molecule has 25 heavy (non-hydrogen) atoms. The summed E-state index contributed by atoms with van der Waals surface area (Å²) < 4.78 is 5.18. The lowest BCUT2D eigenvalue weighted by atomic mass is 10.1. The Morgan fingerprint density at radius 3 is 2.84 bits per heavy atom. The van der Waals surface area contributed by atoms with Crippen molar-refractivity contribution in [2.45, 2.75) is 13.5 Å². The SMILES string of the molecule is Cc1cc([N+](=O)[O-])cc2cc(C(=O)NCc3cccnc3)c(=O)oc12. The molecule has 0 saturated heterocycles. The second-order valence-electron chi connectivity index (χ2n) is 5.43. The number of fused-ring (bicyclic) bond motifs is 1. The van der Waals surface area contributed by atoms with E-state index >= 15 is 0 Å². The van der Waals surface area contributed by atoms with Crippen molar-refractivity contribution >= 4 is 22.6 Å². The van der Waals surface area contributed by atoms with Crippen LogP contribution in [-0.2, 0) is 6.54 Å². The summed E-state index contributed by atoms with van der Waals surface area (Å²) in [5.74, 6) is -0.622. The second-order valence-corrected chi connectivity index (χ2v) is 5.43. The molecule has 0 atom stereocenters. The Hall–Kier alpha value is -3.55. The number of aromatic nitrogens is 1. The first-order valence-corrected chi connectivity index (χ1v) is 7.35. The molecule has 1 N–H and O–H groups in total. The predicted octanol–water partition coefficient (Wildman–Crippen LogP) is 2.33. The predicted molar refractivity (Wildman–Crippen MR) is 89.3 cm³/mol. The van der Waals surface area contributed by atoms with Gasteiger partial charge in [0, 0.05) is 36.5 Å². The average Bonchev–Trinajstić information content (AvgIpc) is 2.60. The summed E-state index contributed by atoms with van der Waals surface area (Å²) >= 11 is 0. The maximum Gasteiger partial charge on any atom is 0.349 e. The molecule has 2 aromatic heterocycles. The van der Waals surface area contributed by atoms with Crippen molar-refractivity contribution in [3.05, 3.63) is 80.0 Å². The summed E-state index contributed by atoms with van der Waals surface area (Å²) in [5.41, 5.74) is 0.292. The summed E-state index contributed by atoms with van der Waals surface area (Å²) in [6.07, 6.45) is 3.20. The minimum atomic E-state index is -0.798. The van der Waals surface area contributed by atoms with E-state index in [0.717, 1.165) is 5.56 Å². The van der Waals surface area contributed by atoms with Crippen LogP contribution in [0.4, 0.5) is 5.69 Å². The molecule has 0 spiro atoms. The molecule has 0 aliphatic carbocycles. The third-order valence-corrected chi connectivity index (χ3v) is 3.63. The average molecular weight is 339 g/mol. The van der Waals surface area contributed by atoms with Crippen LogP contribution in [0.15, 0.2) is 51.9 Å². The summed E-state index contributed by atoms with van der Waals surface area (Å²) in [4.78, 5) is 38.7. The number of amides is 1. The second kappa shape index (κ2) is 6.52. The van der Waals surface area contributed by atoms with E-state index in [0.29, 0.717) is 10.9 Å². The van der Waals surface area contributed by atoms with Gasteiger partial charge in [0.2, 0.25) is 0 Å². The van der Waals surface area contributed by atoms with E-state index in [4.69, 9.17) is 4.42 Å². The number of nitrogens with zero attached hydrogens (tertiary/aromatic N) is 2. The van der Waals surface area contributed by atoms with Crippen LogP contribution in [0.5, 0.6) is 0 Å². The lowest BCUT2D eigenvalue weighted by molar-refractivity contribution is -0.384. The molecule has 3 aromatic rings. The van der Waals surface area contributed by atoms with Gasteiger partial charge in [0.15, 0.2) is 0 Å². The van der Waals surface area contributed by atoms with E-state index in [1.165, 1.54) is 18.2 Å². The third kappa shape index (κ3) is 3.37. The van der Waals surface area contributed by atoms with Crippen LogP contribution in [0, 0.1) is 17.0 Å². The third-order valence-electron chi connectivity index (χ3n) is 3.63. The van der Waals surface area contributed by atoms with Crippen LogP contribution >= 0.6 is 0 Å². The van der Waals surface area contributed by atoms with Crippen molar-refractivity contribution in [2.24, 2.45) is 0 Å². The maximum atomic E-state index is 12.3. The van der Waals surface area contributed by atoms with Crippen LogP contribution < -0.4 is 10.9 Å². The van der Waals surface area contributed by atoms with Crippen molar-refractivity contribution in [3.8, 4) is 0 Å². The Bertz CT molecular complexity index is 1030. The first kappa shape index (κ1) is 16.3. The molecule has 126 valence electrons. The van der Waals surface area contributed by atoms with Gasteiger partial charge in [0.1, 0.15) is 11.1 Å². The smallest absolute Gasteiger partial charge is 0.349 e. The van der Waals surface area contributed by atoms with Crippen molar-refractivity contribution < 1.29 is 14.1 Å². The quantitative estimate of drug-likeness (QED) is 0.443. The van der Waals surface area contributed by atoms with Gasteiger partial charge in [-0.3, -0.25) is 19.9 Å². The van der Waals surface area contributed by atoms with E-state index in [-0.39, 0.29) is 23.4 Å². The molecule has 0 fully saturated rings. The van der Waals surface area contributed by atoms with Gasteiger partial charge in [-0.1, -0.05) is 6.07 Å². The Balaban J connectivity index is 1.95. The van der Waals surface area contributed by atoms with E-state index in [2.05, 4.69) is 10.3 Å². The number of nitro benzene ring substituents is 1. The molecule has 0 aliphatic rings. The van der Waals surface area contributed by atoms with Crippen LogP contribution in [0.2, 0.25) is 0 Å². The molecule has 2 heterocycles. The molecule has 0 radical (unpaired) electrons. The van der Waals surface area contributed by atoms with Gasteiger partial charge >= 0.3 is 5.63 Å². The van der Waals surface area contributed by atoms with E-state index < -0.39 is 16.5 Å². The summed E-state index contributed by atoms with van der Waals surface area (Å²) in [5, 5.41) is 13.9. The number of nitrogens with one attached hydrogen (secondary N) is 1. The van der Waals surface area contributed by atoms with Crippen molar-refractivity contribution in [3.63, 3.8) is 0 Å². The Morgan fingerprint density at radius 2 is 2.16 bits per heavy atom. The fourth-order valence-corrected chi connectivity index (χ4v) is 2.43. The topological polar surface area (TPSA) is 115 Å². The molecule has 0 bridgehead atoms. The molecule has 0 saturated carbocycles. The highest BCUT2D eigenvalue weighted by Crippen LogP contribution is 2.24. The zero-order valence-electron chi connectivity index (χ0n) is 13.2. The number of hydrogen-bond donors (Lipinski definition) is 1. The van der Waals surface area contributed by atoms with Crippen molar-refractivity contribution in [2.75, 3.05) is 0 Å². The lowest BCUT2D eigenvalue weighted by Crippen LogP contribution is -2.27. The number of rotatable bonds is 4. The molecule has 1 aromatic carbocycles. The number of non-ortho nitro benzene ring substituents is 1. The van der Waals surface area contributed by atoms with Gasteiger partial charge in [0.05, 0.1) is 4.92 Å². The monoisotopic (exact) mass is 339 g/mol. The Morgan fingerprint density at radius 1 is 1.36 bits per heavy atom. The van der Waals surface area contributed by atoms with Gasteiger partial charge in [-0.25, -0.2) is 4.79 Å². The Labute approximate surface area is 141 Å². The van der Waals surface area contributed by atoms with Gasteiger partial charge in [-0.15, -0.1) is 0 Å². The highest BCUT2D eigenvalue weighted by molar-refractivity contribution is 5.97. The maximum absolute atomic E-state index is 12.3. The summed E-state index contributed by atoms with van der Waals surface area (Å²) in [6, 6.07) is 7.40. The number of carbonyl (C=O) groups is 1. The number of pyridine rings is 1. The van der Waals surface area contributed by atoms with Gasteiger partial charge in [-0.05, 0) is 30.2 Å². The number of carbonyl (C=O) groups excluding carboxylic acids is 1. The van der Waals surface area contributed by atoms with Gasteiger partial charge in [-0.2, -0.15) is 0 Å². The van der Waals surface area contributed by atoms with Crippen LogP contribution in [0.3, 0.4) is 0 Å². The van der Waals surface area contributed by atoms with Crippen molar-refractivity contribution in [1.29, 1.82) is 0 Å². The number of benzene rings is 1. The molecule has 0 unspecified atom stereocenters. The van der Waals surface area contributed by atoms with Crippen LogP contribution in [-0.4, -0.2) is 15.8 Å². The molecule has 3 rings (SSSR count). The normalized spacial score (nSPS) is 10.6. The van der Waals surface area contributed by atoms with E-state index in [1.807, 2.05) is 0 Å². The van der Waals surface area contributed by atoms with Gasteiger partial charge in [0.25, 0.3) is 11.6 Å². The van der Waals surface area contributed by atoms with Gasteiger partial charge < -0.3 is 9.73 Å². The fraction of sp³-hybridized carbons (Fsp3) is 0.118. The molecular formula is C17H13N3O5. The zero-order chi connectivity index (χ0) is 18.0. The molecule has 8 heteroatoms. The minimum Gasteiger partial charge on any atom is -0.422 e. The number of hydrogen-bond acceptors (Lipinski definition) is 6. The fourth-order valence-electron chi connectivity index (χ4n) is 2.43. The van der Waals surface area contributed by atoms with Crippen LogP contribution in [0.1, 0.15) is 21.5 Å². The standard InChI is InChI=1S/C17H13N3O5/c1-10-5-13(20(23)24)6-12-7-14(17(22)25-15(10)12)16(21)19-9-11-3-2-4-18-8-11/h2-8H,9H2,1H3,(H,19,21). The minimum absolute atomic E-state index is 0.138. The number of aryl methyl sites for hydroxylation is 1. The molecular weight excluding hydrogens is 326 g/mol. The largest absolute Gasteiger partial charge is 0.422 e. The zero-order valence-corrected chi connectivity index (χ0v) is 13.2. The first-order valence-electron chi connectivity index (χ1n) is 7.35. The van der Waals surface area contributed by atoms with E-state index in [1.54, 1.807) is 31.5 Å². The van der Waals surface area contributed by atoms with E-state index in [9.17, 15) is 19.7 Å². The summed E-state index contributed by atoms with van der Waals surface area (Å²) in [7, 11) is 0. The van der Waals surface area contributed by atoms with Crippen molar-refractivity contribution in [1.82, 2.24) is 10.3 Å². The highest BCUT2D eigenvalue weighted by atomic mass is 16.6. The lowest BCUT2D eigenvalue weighted by Gasteiger charge is -2.06. The molecule has 0 aliphatic heterocycles. The summed E-state index contributed by atoms with van der Waals surface area (Å²) in [6.45, 7) is 1.79. The first-order chi connectivity index (χ1) is 12.0. The highest BCUT2D eigenvalue weighted by Gasteiger charge is 2.17. The molecule has 1 amide bonds. The molecule has 8 nitrogen and oxygen atoms in total.